The van der Waals surface area contributed by atoms with Crippen LogP contribution < -0.4 is 0 Å². The minimum Gasteiger partial charge on any atom is -0.382 e. The molecule has 1 fully saturated rings. The first-order valence-corrected chi connectivity index (χ1v) is 5.68. The van der Waals surface area contributed by atoms with E-state index in [1.165, 1.54) is 0 Å². The van der Waals surface area contributed by atoms with Crippen molar-refractivity contribution in [3.8, 4) is 0 Å². The number of β-amino-alcohol motifs (C(OH)–C–C–N with tert-alkyl or cyclic N) is 1. The molecular formula is C11H20F3NO. The van der Waals surface area contributed by atoms with Crippen LogP contribution in [0.3, 0.4) is 0 Å². The molecule has 0 aliphatic carbocycles. The summed E-state index contributed by atoms with van der Waals surface area (Å²) in [6.07, 6.45) is -3.89. The van der Waals surface area contributed by atoms with E-state index in [1.807, 2.05) is 0 Å². The zero-order valence-electron chi connectivity index (χ0n) is 9.85. The van der Waals surface area contributed by atoms with E-state index in [0.717, 1.165) is 19.3 Å². The van der Waals surface area contributed by atoms with Gasteiger partial charge in [-0.05, 0) is 37.8 Å². The Labute approximate surface area is 94.4 Å². The zero-order valence-corrected chi connectivity index (χ0v) is 9.85. The first-order valence-electron chi connectivity index (χ1n) is 5.68. The highest BCUT2D eigenvalue weighted by Crippen LogP contribution is 2.30. The second kappa shape index (κ2) is 4.92. The summed E-state index contributed by atoms with van der Waals surface area (Å²) in [7, 11) is 0. The molecule has 0 amide bonds. The van der Waals surface area contributed by atoms with Gasteiger partial charge in [0.15, 0.2) is 6.10 Å². The molecule has 0 radical (unpaired) electrons. The van der Waals surface area contributed by atoms with Crippen molar-refractivity contribution in [3.63, 3.8) is 0 Å². The number of hydrogen-bond donors (Lipinski definition) is 1. The molecule has 0 aromatic rings. The van der Waals surface area contributed by atoms with Gasteiger partial charge in [0.1, 0.15) is 0 Å². The Balaban J connectivity index is 2.44. The van der Waals surface area contributed by atoms with Gasteiger partial charge < -0.3 is 10.0 Å². The number of alkyl halides is 3. The van der Waals surface area contributed by atoms with Crippen molar-refractivity contribution in [1.29, 1.82) is 0 Å². The molecule has 0 saturated carbocycles. The van der Waals surface area contributed by atoms with Gasteiger partial charge in [-0.3, -0.25) is 0 Å². The molecule has 0 spiro atoms. The standard InChI is InChI=1S/C11H20F3NO/c1-10(2)4-3-6-15(7-5-10)8-9(16)11(12,13)14/h9,16H,3-8H2,1-2H3. The van der Waals surface area contributed by atoms with Gasteiger partial charge in [0.25, 0.3) is 0 Å². The van der Waals surface area contributed by atoms with E-state index in [0.29, 0.717) is 13.1 Å². The topological polar surface area (TPSA) is 23.5 Å². The summed E-state index contributed by atoms with van der Waals surface area (Å²) in [5.41, 5.74) is 0.206. The summed E-state index contributed by atoms with van der Waals surface area (Å²) < 4.78 is 36.5. The van der Waals surface area contributed by atoms with Gasteiger partial charge in [0, 0.05) is 6.54 Å². The molecule has 1 atom stereocenters. The number of rotatable bonds is 2. The van der Waals surface area contributed by atoms with Gasteiger partial charge in [-0.25, -0.2) is 0 Å². The fraction of sp³-hybridized carbons (Fsp3) is 1.00. The van der Waals surface area contributed by atoms with E-state index < -0.39 is 12.3 Å². The Hall–Kier alpha value is -0.290. The van der Waals surface area contributed by atoms with Gasteiger partial charge in [-0.2, -0.15) is 13.2 Å². The molecule has 2 nitrogen and oxygen atoms in total. The van der Waals surface area contributed by atoms with Crippen molar-refractivity contribution in [3.05, 3.63) is 0 Å². The van der Waals surface area contributed by atoms with Crippen LogP contribution in [-0.2, 0) is 0 Å². The minimum atomic E-state index is -4.50. The Kier molecular flexibility index (Phi) is 4.23. The SMILES string of the molecule is CC1(C)CCCN(CC(O)C(F)(F)F)CC1. The van der Waals surface area contributed by atoms with Crippen molar-refractivity contribution in [2.45, 2.75) is 45.4 Å². The van der Waals surface area contributed by atoms with Crippen molar-refractivity contribution in [2.24, 2.45) is 5.41 Å². The number of halogens is 3. The normalized spacial score (nSPS) is 25.1. The van der Waals surface area contributed by atoms with Gasteiger partial charge in [0.2, 0.25) is 0 Å². The molecule has 1 heterocycles. The van der Waals surface area contributed by atoms with Crippen molar-refractivity contribution in [1.82, 2.24) is 4.90 Å². The third-order valence-corrected chi connectivity index (χ3v) is 3.24. The van der Waals surface area contributed by atoms with Crippen LogP contribution in [0.2, 0.25) is 0 Å². The first-order chi connectivity index (χ1) is 7.21. The molecule has 1 saturated heterocycles. The van der Waals surface area contributed by atoms with E-state index in [4.69, 9.17) is 5.11 Å². The highest BCUT2D eigenvalue weighted by atomic mass is 19.4. The third kappa shape index (κ3) is 4.29. The lowest BCUT2D eigenvalue weighted by Gasteiger charge is -2.25. The molecule has 0 aromatic heterocycles. The summed E-state index contributed by atoms with van der Waals surface area (Å²) in [6.45, 7) is 5.27. The van der Waals surface area contributed by atoms with E-state index >= 15 is 0 Å². The Morgan fingerprint density at radius 1 is 1.25 bits per heavy atom. The van der Waals surface area contributed by atoms with Crippen LogP contribution >= 0.6 is 0 Å². The molecule has 96 valence electrons. The lowest BCUT2D eigenvalue weighted by molar-refractivity contribution is -0.208. The number of aliphatic hydroxyl groups excluding tert-OH is 1. The summed E-state index contributed by atoms with van der Waals surface area (Å²) in [4.78, 5) is 1.72. The maximum absolute atomic E-state index is 12.2. The van der Waals surface area contributed by atoms with Crippen LogP contribution in [0.4, 0.5) is 13.2 Å². The molecule has 1 aliphatic rings. The minimum absolute atomic E-state index is 0.206. The molecule has 16 heavy (non-hydrogen) atoms. The van der Waals surface area contributed by atoms with Crippen LogP contribution in [0.5, 0.6) is 0 Å². The molecule has 0 bridgehead atoms. The second-order valence-electron chi connectivity index (χ2n) is 5.38. The second-order valence-corrected chi connectivity index (χ2v) is 5.38. The zero-order chi connectivity index (χ0) is 12.4. The molecule has 0 aromatic carbocycles. The van der Waals surface area contributed by atoms with Crippen LogP contribution in [0.1, 0.15) is 33.1 Å². The van der Waals surface area contributed by atoms with Gasteiger partial charge in [0.05, 0.1) is 0 Å². The predicted molar refractivity (Wildman–Crippen MR) is 56.1 cm³/mol. The average Bonchev–Trinajstić information content (AvgIpc) is 2.26. The first kappa shape index (κ1) is 13.8. The number of hydrogen-bond acceptors (Lipinski definition) is 2. The monoisotopic (exact) mass is 239 g/mol. The van der Waals surface area contributed by atoms with Crippen LogP contribution in [0.15, 0.2) is 0 Å². The highest BCUT2D eigenvalue weighted by Gasteiger charge is 2.39. The number of nitrogens with zero attached hydrogens (tertiary/aromatic N) is 1. The smallest absolute Gasteiger partial charge is 0.382 e. The van der Waals surface area contributed by atoms with Gasteiger partial charge in [-0.15, -0.1) is 0 Å². The molecule has 5 heteroatoms. The van der Waals surface area contributed by atoms with E-state index in [-0.39, 0.29) is 12.0 Å². The molecule has 1 N–H and O–H groups in total. The predicted octanol–water partition coefficient (Wildman–Crippen LogP) is 2.42. The molecule has 1 aliphatic heterocycles. The van der Waals surface area contributed by atoms with Crippen molar-refractivity contribution >= 4 is 0 Å². The number of likely N-dealkylation sites (tertiary alicyclic amines) is 1. The fourth-order valence-electron chi connectivity index (χ4n) is 2.01. The van der Waals surface area contributed by atoms with E-state index in [2.05, 4.69) is 13.8 Å². The lowest BCUT2D eigenvalue weighted by atomic mass is 9.85. The molecular weight excluding hydrogens is 219 g/mol. The lowest BCUT2D eigenvalue weighted by Crippen LogP contribution is -2.41. The molecule has 1 rings (SSSR count). The van der Waals surface area contributed by atoms with Gasteiger partial charge in [-0.1, -0.05) is 13.8 Å². The van der Waals surface area contributed by atoms with Crippen LogP contribution in [0.25, 0.3) is 0 Å². The quantitative estimate of drug-likeness (QED) is 0.800. The summed E-state index contributed by atoms with van der Waals surface area (Å²) in [5.74, 6) is 0. The average molecular weight is 239 g/mol. The van der Waals surface area contributed by atoms with E-state index in [9.17, 15) is 13.2 Å². The maximum atomic E-state index is 12.2. The van der Waals surface area contributed by atoms with E-state index in [1.54, 1.807) is 4.90 Å². The highest BCUT2D eigenvalue weighted by molar-refractivity contribution is 4.78. The van der Waals surface area contributed by atoms with Gasteiger partial charge >= 0.3 is 6.18 Å². The summed E-state index contributed by atoms with van der Waals surface area (Å²) in [6, 6.07) is 0. The Morgan fingerprint density at radius 3 is 2.44 bits per heavy atom. The Bertz CT molecular complexity index is 228. The van der Waals surface area contributed by atoms with Crippen LogP contribution in [-0.4, -0.2) is 41.9 Å². The largest absolute Gasteiger partial charge is 0.415 e. The number of aliphatic hydroxyl groups is 1. The summed E-state index contributed by atoms with van der Waals surface area (Å²) in [5, 5.41) is 8.99. The third-order valence-electron chi connectivity index (χ3n) is 3.24. The van der Waals surface area contributed by atoms with Crippen molar-refractivity contribution < 1.29 is 18.3 Å². The summed E-state index contributed by atoms with van der Waals surface area (Å²) >= 11 is 0. The van der Waals surface area contributed by atoms with Crippen molar-refractivity contribution in [2.75, 3.05) is 19.6 Å². The molecule has 1 unspecified atom stereocenters. The Morgan fingerprint density at radius 2 is 1.88 bits per heavy atom. The fourth-order valence-corrected chi connectivity index (χ4v) is 2.01. The van der Waals surface area contributed by atoms with Crippen LogP contribution in [0, 0.1) is 5.41 Å². The maximum Gasteiger partial charge on any atom is 0.415 e.